The van der Waals surface area contributed by atoms with Gasteiger partial charge in [-0.1, -0.05) is 41.6 Å². The van der Waals surface area contributed by atoms with Crippen LogP contribution in [0.15, 0.2) is 53.7 Å². The van der Waals surface area contributed by atoms with Gasteiger partial charge in [-0.2, -0.15) is 0 Å². The van der Waals surface area contributed by atoms with E-state index in [2.05, 4.69) is 20.4 Å². The van der Waals surface area contributed by atoms with Crippen molar-refractivity contribution in [1.82, 2.24) is 14.8 Å². The number of nitrogens with zero attached hydrogens (tertiary/aromatic N) is 4. The number of ketones is 1. The fourth-order valence-electron chi connectivity index (χ4n) is 3.53. The summed E-state index contributed by atoms with van der Waals surface area (Å²) in [7, 11) is 0. The molecule has 0 atom stereocenters. The van der Waals surface area contributed by atoms with Crippen LogP contribution >= 0.6 is 23.4 Å². The molecule has 1 aliphatic heterocycles. The lowest BCUT2D eigenvalue weighted by molar-refractivity contribution is -0.113. The summed E-state index contributed by atoms with van der Waals surface area (Å²) in [6, 6.07) is 14.5. The van der Waals surface area contributed by atoms with Crippen molar-refractivity contribution in [1.29, 1.82) is 0 Å². The molecule has 1 N–H and O–H groups in total. The molecule has 9 heteroatoms. The highest BCUT2D eigenvalue weighted by molar-refractivity contribution is 7.99. The van der Waals surface area contributed by atoms with Gasteiger partial charge in [-0.25, -0.2) is 0 Å². The van der Waals surface area contributed by atoms with E-state index in [-0.39, 0.29) is 17.4 Å². The number of amides is 1. The van der Waals surface area contributed by atoms with E-state index in [0.29, 0.717) is 21.4 Å². The number of thioether (sulfide) groups is 1. The van der Waals surface area contributed by atoms with Gasteiger partial charge in [-0.3, -0.25) is 14.2 Å². The topological polar surface area (TPSA) is 80.1 Å². The van der Waals surface area contributed by atoms with E-state index >= 15 is 0 Å². The molecule has 1 amide bonds. The van der Waals surface area contributed by atoms with Crippen LogP contribution in [0.4, 0.5) is 11.6 Å². The summed E-state index contributed by atoms with van der Waals surface area (Å²) in [4.78, 5) is 26.6. The Kier molecular flexibility index (Phi) is 6.58. The number of para-hydroxylation sites is 1. The van der Waals surface area contributed by atoms with Gasteiger partial charge in [0, 0.05) is 23.7 Å². The summed E-state index contributed by atoms with van der Waals surface area (Å²) >= 11 is 7.51. The molecule has 0 aliphatic carbocycles. The van der Waals surface area contributed by atoms with Crippen molar-refractivity contribution >= 4 is 46.7 Å². The van der Waals surface area contributed by atoms with Gasteiger partial charge in [-0.05, 0) is 50.1 Å². The first kappa shape index (κ1) is 21.4. The molecule has 1 aromatic heterocycles. The predicted octanol–water partition coefficient (Wildman–Crippen LogP) is 4.45. The van der Waals surface area contributed by atoms with Crippen LogP contribution in [0, 0.1) is 0 Å². The van der Waals surface area contributed by atoms with E-state index in [1.807, 2.05) is 28.8 Å². The highest BCUT2D eigenvalue weighted by Gasteiger charge is 2.23. The fourth-order valence-corrected chi connectivity index (χ4v) is 4.47. The third kappa shape index (κ3) is 4.91. The standard InChI is InChI=1S/C22H22ClN5O2S/c1-15(29)18-9-2-3-10-19(18)24-20(30)14-31-22-26-25-21(27-11-4-5-12-27)28(22)17-8-6-7-16(23)13-17/h2-3,6-10,13H,4-5,11-12,14H2,1H3,(H,24,30). The normalized spacial score (nSPS) is 13.4. The van der Waals surface area contributed by atoms with E-state index in [4.69, 9.17) is 11.6 Å². The Morgan fingerprint density at radius 2 is 1.87 bits per heavy atom. The van der Waals surface area contributed by atoms with Crippen LogP contribution in [0.2, 0.25) is 5.02 Å². The Morgan fingerprint density at radius 3 is 2.61 bits per heavy atom. The van der Waals surface area contributed by atoms with Gasteiger partial charge in [0.2, 0.25) is 11.9 Å². The highest BCUT2D eigenvalue weighted by atomic mass is 35.5. The van der Waals surface area contributed by atoms with Crippen LogP contribution in [-0.2, 0) is 4.79 Å². The fraction of sp³-hybridized carbons (Fsp3) is 0.273. The number of Topliss-reactive ketones (excluding diaryl/α,β-unsaturated/α-hetero) is 1. The second kappa shape index (κ2) is 9.53. The van der Waals surface area contributed by atoms with Gasteiger partial charge in [0.05, 0.1) is 17.1 Å². The maximum atomic E-state index is 12.6. The zero-order valence-corrected chi connectivity index (χ0v) is 18.6. The maximum Gasteiger partial charge on any atom is 0.234 e. The molecule has 2 aromatic carbocycles. The van der Waals surface area contributed by atoms with Crippen molar-refractivity contribution in [3.8, 4) is 5.69 Å². The molecule has 0 spiro atoms. The lowest BCUT2D eigenvalue weighted by Crippen LogP contribution is -2.22. The third-order valence-electron chi connectivity index (χ3n) is 4.98. The van der Waals surface area contributed by atoms with Crippen molar-refractivity contribution in [2.45, 2.75) is 24.9 Å². The Morgan fingerprint density at radius 1 is 1.10 bits per heavy atom. The SMILES string of the molecule is CC(=O)c1ccccc1NC(=O)CSc1nnc(N2CCCC2)n1-c1cccc(Cl)c1. The molecule has 1 fully saturated rings. The number of rotatable bonds is 7. The highest BCUT2D eigenvalue weighted by Crippen LogP contribution is 2.29. The van der Waals surface area contributed by atoms with Gasteiger partial charge < -0.3 is 10.2 Å². The van der Waals surface area contributed by atoms with Crippen molar-refractivity contribution in [2.75, 3.05) is 29.1 Å². The molecule has 1 aliphatic rings. The average molecular weight is 456 g/mol. The number of anilines is 2. The molecule has 0 unspecified atom stereocenters. The average Bonchev–Trinajstić information content (AvgIpc) is 3.42. The number of benzene rings is 2. The van der Waals surface area contributed by atoms with Gasteiger partial charge in [-0.15, -0.1) is 10.2 Å². The molecule has 1 saturated heterocycles. The summed E-state index contributed by atoms with van der Waals surface area (Å²) in [5.74, 6) is 0.566. The van der Waals surface area contributed by atoms with E-state index in [9.17, 15) is 9.59 Å². The maximum absolute atomic E-state index is 12.6. The smallest absolute Gasteiger partial charge is 0.234 e. The minimum atomic E-state index is -0.220. The molecule has 160 valence electrons. The van der Waals surface area contributed by atoms with Crippen LogP contribution in [0.5, 0.6) is 0 Å². The Hall–Kier alpha value is -2.84. The number of halogens is 1. The van der Waals surface area contributed by atoms with Gasteiger partial charge in [0.1, 0.15) is 0 Å². The van der Waals surface area contributed by atoms with Crippen LogP contribution in [0.1, 0.15) is 30.1 Å². The molecule has 0 radical (unpaired) electrons. The minimum absolute atomic E-state index is 0.0977. The van der Waals surface area contributed by atoms with Crippen LogP contribution < -0.4 is 10.2 Å². The van der Waals surface area contributed by atoms with E-state index in [0.717, 1.165) is 37.6 Å². The molecule has 2 heterocycles. The number of aromatic nitrogens is 3. The van der Waals surface area contributed by atoms with Crippen LogP contribution in [-0.4, -0.2) is 45.3 Å². The molecular weight excluding hydrogens is 434 g/mol. The monoisotopic (exact) mass is 455 g/mol. The first-order chi connectivity index (χ1) is 15.0. The number of hydrogen-bond donors (Lipinski definition) is 1. The zero-order chi connectivity index (χ0) is 21.8. The first-order valence-corrected chi connectivity index (χ1v) is 11.4. The van der Waals surface area contributed by atoms with Crippen molar-refractivity contribution in [2.24, 2.45) is 0 Å². The van der Waals surface area contributed by atoms with E-state index in [1.54, 1.807) is 24.3 Å². The predicted molar refractivity (Wildman–Crippen MR) is 124 cm³/mol. The zero-order valence-electron chi connectivity index (χ0n) is 17.0. The molecule has 0 bridgehead atoms. The van der Waals surface area contributed by atoms with Crippen LogP contribution in [0.3, 0.4) is 0 Å². The number of carbonyl (C=O) groups is 2. The number of carbonyl (C=O) groups excluding carboxylic acids is 2. The Labute approximate surface area is 189 Å². The van der Waals surface area contributed by atoms with Gasteiger partial charge in [0.25, 0.3) is 0 Å². The summed E-state index contributed by atoms with van der Waals surface area (Å²) in [5, 5.41) is 12.8. The summed E-state index contributed by atoms with van der Waals surface area (Å²) < 4.78 is 1.94. The quantitative estimate of drug-likeness (QED) is 0.418. The second-order valence-electron chi connectivity index (χ2n) is 7.23. The summed E-state index contributed by atoms with van der Waals surface area (Å²) in [6.45, 7) is 3.32. The number of hydrogen-bond acceptors (Lipinski definition) is 6. The van der Waals surface area contributed by atoms with E-state index in [1.165, 1.54) is 18.7 Å². The molecule has 4 rings (SSSR count). The Bertz CT molecular complexity index is 1110. The van der Waals surface area contributed by atoms with Crippen molar-refractivity contribution < 1.29 is 9.59 Å². The van der Waals surface area contributed by atoms with Crippen molar-refractivity contribution in [3.05, 3.63) is 59.1 Å². The third-order valence-corrected chi connectivity index (χ3v) is 6.15. The second-order valence-corrected chi connectivity index (χ2v) is 8.61. The Balaban J connectivity index is 1.55. The molecule has 31 heavy (non-hydrogen) atoms. The molecule has 7 nitrogen and oxygen atoms in total. The van der Waals surface area contributed by atoms with Crippen LogP contribution in [0.25, 0.3) is 5.69 Å². The number of nitrogens with one attached hydrogen (secondary N) is 1. The van der Waals surface area contributed by atoms with Gasteiger partial charge >= 0.3 is 0 Å². The van der Waals surface area contributed by atoms with E-state index < -0.39 is 0 Å². The molecular formula is C22H22ClN5O2S. The largest absolute Gasteiger partial charge is 0.341 e. The summed E-state index contributed by atoms with van der Waals surface area (Å²) in [6.07, 6.45) is 2.23. The first-order valence-electron chi connectivity index (χ1n) is 10.0. The van der Waals surface area contributed by atoms with Crippen molar-refractivity contribution in [3.63, 3.8) is 0 Å². The lowest BCUT2D eigenvalue weighted by atomic mass is 10.1. The molecule has 3 aromatic rings. The summed E-state index contributed by atoms with van der Waals surface area (Å²) in [5.41, 5.74) is 1.85. The lowest BCUT2D eigenvalue weighted by Gasteiger charge is -2.18. The molecule has 0 saturated carbocycles. The van der Waals surface area contributed by atoms with Gasteiger partial charge in [0.15, 0.2) is 10.9 Å². The minimum Gasteiger partial charge on any atom is -0.341 e.